The molecule has 2 rings (SSSR count). The summed E-state index contributed by atoms with van der Waals surface area (Å²) >= 11 is 9.38. The molecule has 2 aromatic rings. The molecule has 1 aromatic heterocycles. The summed E-state index contributed by atoms with van der Waals surface area (Å²) in [6.45, 7) is 1.86. The van der Waals surface area contributed by atoms with Crippen molar-refractivity contribution in [1.29, 1.82) is 0 Å². The average molecular weight is 329 g/mol. The Bertz CT molecular complexity index is 575. The predicted octanol–water partition coefficient (Wildman–Crippen LogP) is 3.23. The summed E-state index contributed by atoms with van der Waals surface area (Å²) < 4.78 is 0.894. The first-order chi connectivity index (χ1) is 8.58. The molecule has 0 saturated carbocycles. The van der Waals surface area contributed by atoms with Gasteiger partial charge in [0.25, 0.3) is 0 Å². The Kier molecular flexibility index (Phi) is 4.00. The van der Waals surface area contributed by atoms with Crippen molar-refractivity contribution in [2.45, 2.75) is 6.92 Å². The van der Waals surface area contributed by atoms with E-state index < -0.39 is 0 Å². The number of aryl methyl sites for hydroxylation is 1. The smallest absolute Gasteiger partial charge is 0.239 e. The highest BCUT2D eigenvalue weighted by molar-refractivity contribution is 9.10. The predicted molar refractivity (Wildman–Crippen MR) is 77.0 cm³/mol. The number of rotatable bonds is 3. The van der Waals surface area contributed by atoms with Crippen LogP contribution >= 0.6 is 27.5 Å². The lowest BCUT2D eigenvalue weighted by Crippen LogP contribution is -2.11. The van der Waals surface area contributed by atoms with Crippen molar-refractivity contribution in [2.75, 3.05) is 10.7 Å². The van der Waals surface area contributed by atoms with Gasteiger partial charge in [0.05, 0.1) is 5.69 Å². The number of nitrogens with zero attached hydrogens (tertiary/aromatic N) is 2. The third kappa shape index (κ3) is 3.10. The van der Waals surface area contributed by atoms with Crippen LogP contribution in [0.4, 0.5) is 17.5 Å². The molecule has 7 heteroatoms. The van der Waals surface area contributed by atoms with Gasteiger partial charge in [0.15, 0.2) is 0 Å². The molecule has 0 saturated heterocycles. The van der Waals surface area contributed by atoms with E-state index in [1.165, 1.54) is 0 Å². The number of aromatic nitrogens is 2. The lowest BCUT2D eigenvalue weighted by molar-refractivity contribution is 1.07. The molecule has 0 fully saturated rings. The van der Waals surface area contributed by atoms with Gasteiger partial charge in [-0.05, 0) is 41.1 Å². The van der Waals surface area contributed by atoms with Gasteiger partial charge in [-0.25, -0.2) is 10.8 Å². The summed E-state index contributed by atoms with van der Waals surface area (Å²) in [6.07, 6.45) is 0. The summed E-state index contributed by atoms with van der Waals surface area (Å²) in [4.78, 5) is 8.30. The van der Waals surface area contributed by atoms with Crippen molar-refractivity contribution in [3.8, 4) is 0 Å². The van der Waals surface area contributed by atoms with Gasteiger partial charge >= 0.3 is 0 Å². The van der Waals surface area contributed by atoms with E-state index in [0.29, 0.717) is 16.8 Å². The Morgan fingerprint density at radius 2 is 2.06 bits per heavy atom. The summed E-state index contributed by atoms with van der Waals surface area (Å²) in [5, 5.41) is 3.79. The van der Waals surface area contributed by atoms with E-state index in [1.807, 2.05) is 19.1 Å². The van der Waals surface area contributed by atoms with Crippen LogP contribution in [-0.2, 0) is 0 Å². The number of hydrazine groups is 1. The zero-order chi connectivity index (χ0) is 13.1. The average Bonchev–Trinajstić information content (AvgIpc) is 2.33. The first-order valence-electron chi connectivity index (χ1n) is 5.13. The van der Waals surface area contributed by atoms with Gasteiger partial charge < -0.3 is 5.32 Å². The Labute approximate surface area is 118 Å². The second-order valence-corrected chi connectivity index (χ2v) is 4.90. The van der Waals surface area contributed by atoms with Crippen LogP contribution in [0.5, 0.6) is 0 Å². The lowest BCUT2D eigenvalue weighted by Gasteiger charge is -2.10. The maximum atomic E-state index is 5.95. The largest absolute Gasteiger partial charge is 0.339 e. The maximum absolute atomic E-state index is 5.95. The third-order valence-corrected chi connectivity index (χ3v) is 3.10. The maximum Gasteiger partial charge on any atom is 0.239 e. The fourth-order valence-electron chi connectivity index (χ4n) is 1.43. The van der Waals surface area contributed by atoms with Crippen LogP contribution in [0.25, 0.3) is 0 Å². The quantitative estimate of drug-likeness (QED) is 0.596. The zero-order valence-electron chi connectivity index (χ0n) is 9.54. The van der Waals surface area contributed by atoms with Gasteiger partial charge in [0, 0.05) is 21.3 Å². The molecule has 0 aliphatic carbocycles. The highest BCUT2D eigenvalue weighted by atomic mass is 79.9. The fourth-order valence-corrected chi connectivity index (χ4v) is 1.95. The monoisotopic (exact) mass is 327 g/mol. The molecule has 1 heterocycles. The summed E-state index contributed by atoms with van der Waals surface area (Å²) in [5.74, 6) is 6.30. The van der Waals surface area contributed by atoms with Gasteiger partial charge in [-0.2, -0.15) is 4.98 Å². The molecule has 0 bridgehead atoms. The molecule has 0 unspecified atom stereocenters. The number of anilines is 3. The van der Waals surface area contributed by atoms with Crippen LogP contribution in [0.15, 0.2) is 28.7 Å². The second-order valence-electron chi connectivity index (χ2n) is 3.61. The molecule has 0 amide bonds. The van der Waals surface area contributed by atoms with E-state index >= 15 is 0 Å². The molecule has 4 N–H and O–H groups in total. The van der Waals surface area contributed by atoms with Crippen LogP contribution in [-0.4, -0.2) is 9.97 Å². The summed E-state index contributed by atoms with van der Waals surface area (Å²) in [5.41, 5.74) is 4.05. The minimum atomic E-state index is 0.357. The summed E-state index contributed by atoms with van der Waals surface area (Å²) in [7, 11) is 0. The number of hydrogen-bond acceptors (Lipinski definition) is 5. The minimum Gasteiger partial charge on any atom is -0.339 e. The number of nitrogens with one attached hydrogen (secondary N) is 2. The van der Waals surface area contributed by atoms with Crippen molar-refractivity contribution in [1.82, 2.24) is 9.97 Å². The Hall–Kier alpha value is -1.37. The minimum absolute atomic E-state index is 0.357. The zero-order valence-corrected chi connectivity index (χ0v) is 11.9. The number of nitrogen functional groups attached to an aromatic ring is 1. The Morgan fingerprint density at radius 3 is 2.78 bits per heavy atom. The number of halogens is 2. The van der Waals surface area contributed by atoms with Crippen LogP contribution in [0.1, 0.15) is 5.69 Å². The number of benzene rings is 1. The Balaban J connectivity index is 2.33. The molecular weight excluding hydrogens is 318 g/mol. The van der Waals surface area contributed by atoms with Crippen molar-refractivity contribution in [2.24, 2.45) is 5.84 Å². The van der Waals surface area contributed by atoms with Crippen molar-refractivity contribution in [3.63, 3.8) is 0 Å². The van der Waals surface area contributed by atoms with E-state index in [1.54, 1.807) is 12.1 Å². The first kappa shape index (κ1) is 13.1. The van der Waals surface area contributed by atoms with Crippen LogP contribution in [0.3, 0.4) is 0 Å². The standard InChI is InChI=1S/C11H11BrClN5/c1-6-4-10(17-11(15-6)18-14)16-9-5-7(13)2-3-8(9)12/h2-5H,14H2,1H3,(H2,15,16,17,18). The molecule has 5 nitrogen and oxygen atoms in total. The highest BCUT2D eigenvalue weighted by Gasteiger charge is 2.05. The van der Waals surface area contributed by atoms with E-state index in [0.717, 1.165) is 15.9 Å². The van der Waals surface area contributed by atoms with E-state index in [2.05, 4.69) is 36.6 Å². The molecule has 0 aliphatic heterocycles. The molecule has 18 heavy (non-hydrogen) atoms. The van der Waals surface area contributed by atoms with E-state index in [4.69, 9.17) is 17.4 Å². The van der Waals surface area contributed by atoms with Gasteiger partial charge in [0.2, 0.25) is 5.95 Å². The SMILES string of the molecule is Cc1cc(Nc2cc(Cl)ccc2Br)nc(NN)n1. The molecule has 0 radical (unpaired) electrons. The topological polar surface area (TPSA) is 75.9 Å². The second kappa shape index (κ2) is 5.51. The molecule has 0 aliphatic rings. The first-order valence-corrected chi connectivity index (χ1v) is 6.30. The molecule has 0 spiro atoms. The summed E-state index contributed by atoms with van der Waals surface area (Å²) in [6, 6.07) is 7.28. The number of hydrogen-bond donors (Lipinski definition) is 3. The van der Waals surface area contributed by atoms with Crippen molar-refractivity contribution < 1.29 is 0 Å². The highest BCUT2D eigenvalue weighted by Crippen LogP contribution is 2.28. The van der Waals surface area contributed by atoms with Crippen molar-refractivity contribution >= 4 is 45.0 Å². The van der Waals surface area contributed by atoms with Gasteiger partial charge in [-0.1, -0.05) is 11.6 Å². The van der Waals surface area contributed by atoms with Crippen LogP contribution < -0.4 is 16.6 Å². The fraction of sp³-hybridized carbons (Fsp3) is 0.0909. The lowest BCUT2D eigenvalue weighted by atomic mass is 10.3. The Morgan fingerprint density at radius 1 is 1.28 bits per heavy atom. The van der Waals surface area contributed by atoms with Crippen molar-refractivity contribution in [3.05, 3.63) is 39.5 Å². The van der Waals surface area contributed by atoms with Gasteiger partial charge in [-0.3, -0.25) is 5.43 Å². The van der Waals surface area contributed by atoms with E-state index in [-0.39, 0.29) is 0 Å². The normalized spacial score (nSPS) is 10.2. The van der Waals surface area contributed by atoms with Crippen LogP contribution in [0.2, 0.25) is 5.02 Å². The van der Waals surface area contributed by atoms with Crippen LogP contribution in [0, 0.1) is 6.92 Å². The number of nitrogens with two attached hydrogens (primary N) is 1. The molecule has 94 valence electrons. The molecule has 0 atom stereocenters. The third-order valence-electron chi connectivity index (χ3n) is 2.17. The van der Waals surface area contributed by atoms with E-state index in [9.17, 15) is 0 Å². The van der Waals surface area contributed by atoms with Gasteiger partial charge in [0.1, 0.15) is 5.82 Å². The molecular formula is C11H11BrClN5. The van der Waals surface area contributed by atoms with Gasteiger partial charge in [-0.15, -0.1) is 0 Å². The molecule has 1 aromatic carbocycles.